The van der Waals surface area contributed by atoms with Gasteiger partial charge in [-0.1, -0.05) is 6.07 Å². The lowest BCUT2D eigenvalue weighted by molar-refractivity contribution is 0.195. The summed E-state index contributed by atoms with van der Waals surface area (Å²) in [5.41, 5.74) is 8.15. The van der Waals surface area contributed by atoms with E-state index in [2.05, 4.69) is 0 Å². The van der Waals surface area contributed by atoms with Crippen molar-refractivity contribution in [1.29, 1.82) is 0 Å². The normalized spacial score (nSPS) is 11.3. The number of anilines is 2. The lowest BCUT2D eigenvalue weighted by Crippen LogP contribution is -2.45. The first-order valence-electron chi connectivity index (χ1n) is 6.26. The zero-order valence-electron chi connectivity index (χ0n) is 11.8. The zero-order chi connectivity index (χ0) is 14.9. The lowest BCUT2D eigenvalue weighted by atomic mass is 10.0. The molecule has 20 heavy (non-hydrogen) atoms. The highest BCUT2D eigenvalue weighted by Crippen LogP contribution is 2.33. The Hall–Kier alpha value is -2.43. The van der Waals surface area contributed by atoms with Crippen LogP contribution in [0.5, 0.6) is 0 Å². The molecule has 1 amide bonds. The second kappa shape index (κ2) is 4.92. The van der Waals surface area contributed by atoms with E-state index in [4.69, 9.17) is 10.2 Å². The van der Waals surface area contributed by atoms with Crippen molar-refractivity contribution in [3.63, 3.8) is 0 Å². The Morgan fingerprint density at radius 1 is 1.25 bits per heavy atom. The average Bonchev–Trinajstić information content (AvgIpc) is 2.82. The van der Waals surface area contributed by atoms with Crippen LogP contribution in [0.1, 0.15) is 20.8 Å². The van der Waals surface area contributed by atoms with E-state index in [-0.39, 0.29) is 0 Å². The van der Waals surface area contributed by atoms with Crippen LogP contribution < -0.4 is 10.6 Å². The van der Waals surface area contributed by atoms with Gasteiger partial charge in [-0.3, -0.25) is 4.90 Å². The molecule has 0 unspecified atom stereocenters. The first-order valence-corrected chi connectivity index (χ1v) is 6.26. The van der Waals surface area contributed by atoms with E-state index in [9.17, 15) is 9.90 Å². The molecule has 2 aromatic rings. The maximum absolute atomic E-state index is 11.5. The number of hydrogen-bond acceptors (Lipinski definition) is 3. The van der Waals surface area contributed by atoms with Gasteiger partial charge in [0.15, 0.2) is 0 Å². The van der Waals surface area contributed by atoms with Gasteiger partial charge in [-0.2, -0.15) is 0 Å². The second-order valence-corrected chi connectivity index (χ2v) is 5.57. The van der Waals surface area contributed by atoms with Crippen LogP contribution in [-0.4, -0.2) is 16.7 Å². The SMILES string of the molecule is CC(C)(C)N(C(=O)O)c1ccc(-c2ccoc2)cc1N. The Kier molecular flexibility index (Phi) is 3.44. The number of carbonyl (C=O) groups is 1. The van der Waals surface area contributed by atoms with Crippen LogP contribution >= 0.6 is 0 Å². The quantitative estimate of drug-likeness (QED) is 0.816. The highest BCUT2D eigenvalue weighted by Gasteiger charge is 2.29. The fourth-order valence-electron chi connectivity index (χ4n) is 2.12. The molecule has 0 bridgehead atoms. The maximum Gasteiger partial charge on any atom is 0.412 e. The van der Waals surface area contributed by atoms with E-state index in [1.807, 2.05) is 32.9 Å². The summed E-state index contributed by atoms with van der Waals surface area (Å²) in [5, 5.41) is 9.40. The van der Waals surface area contributed by atoms with Gasteiger partial charge >= 0.3 is 6.09 Å². The molecule has 5 nitrogen and oxygen atoms in total. The van der Waals surface area contributed by atoms with E-state index in [0.29, 0.717) is 11.4 Å². The number of nitrogens with zero attached hydrogens (tertiary/aromatic N) is 1. The van der Waals surface area contributed by atoms with Crippen molar-refractivity contribution in [2.45, 2.75) is 26.3 Å². The summed E-state index contributed by atoms with van der Waals surface area (Å²) in [7, 11) is 0. The number of nitrogens with two attached hydrogens (primary N) is 1. The third-order valence-corrected chi connectivity index (χ3v) is 2.99. The Balaban J connectivity index is 2.46. The molecule has 0 saturated heterocycles. The summed E-state index contributed by atoms with van der Waals surface area (Å²) in [6, 6.07) is 7.13. The van der Waals surface area contributed by atoms with Crippen LogP contribution in [0.2, 0.25) is 0 Å². The number of rotatable bonds is 2. The lowest BCUT2D eigenvalue weighted by Gasteiger charge is -2.34. The molecule has 5 heteroatoms. The molecule has 0 aliphatic carbocycles. The first-order chi connectivity index (χ1) is 9.30. The van der Waals surface area contributed by atoms with E-state index in [1.54, 1.807) is 24.7 Å². The Bertz CT molecular complexity index is 613. The van der Waals surface area contributed by atoms with Crippen LogP contribution in [0.3, 0.4) is 0 Å². The highest BCUT2D eigenvalue weighted by atomic mass is 16.4. The summed E-state index contributed by atoms with van der Waals surface area (Å²) in [5.74, 6) is 0. The van der Waals surface area contributed by atoms with Crippen molar-refractivity contribution in [1.82, 2.24) is 0 Å². The van der Waals surface area contributed by atoms with E-state index < -0.39 is 11.6 Å². The van der Waals surface area contributed by atoms with Gasteiger partial charge in [-0.05, 0) is 44.5 Å². The van der Waals surface area contributed by atoms with Crippen molar-refractivity contribution in [2.75, 3.05) is 10.6 Å². The summed E-state index contributed by atoms with van der Waals surface area (Å²) < 4.78 is 5.03. The molecular weight excluding hydrogens is 256 g/mol. The number of hydrogen-bond donors (Lipinski definition) is 2. The third kappa shape index (κ3) is 2.61. The minimum absolute atomic E-state index is 0.418. The largest absolute Gasteiger partial charge is 0.472 e. The number of nitrogen functional groups attached to an aromatic ring is 1. The zero-order valence-corrected chi connectivity index (χ0v) is 11.8. The minimum atomic E-state index is -1.03. The number of benzene rings is 1. The van der Waals surface area contributed by atoms with Crippen LogP contribution in [-0.2, 0) is 0 Å². The van der Waals surface area contributed by atoms with Crippen molar-refractivity contribution in [3.05, 3.63) is 36.8 Å². The predicted molar refractivity (Wildman–Crippen MR) is 78.8 cm³/mol. The fraction of sp³-hybridized carbons (Fsp3) is 0.267. The van der Waals surface area contributed by atoms with Crippen LogP contribution in [0.25, 0.3) is 11.1 Å². The number of carboxylic acid groups (broad SMARTS) is 1. The summed E-state index contributed by atoms with van der Waals surface area (Å²) >= 11 is 0. The van der Waals surface area contributed by atoms with Gasteiger partial charge in [0.1, 0.15) is 0 Å². The highest BCUT2D eigenvalue weighted by molar-refractivity contribution is 5.92. The molecular formula is C15H18N2O3. The molecule has 0 saturated carbocycles. The number of furan rings is 1. The van der Waals surface area contributed by atoms with Crippen molar-refractivity contribution in [3.8, 4) is 11.1 Å². The summed E-state index contributed by atoms with van der Waals surface area (Å²) in [6.07, 6.45) is 2.17. The molecule has 0 atom stereocenters. The molecule has 3 N–H and O–H groups in total. The van der Waals surface area contributed by atoms with Gasteiger partial charge in [0.2, 0.25) is 0 Å². The predicted octanol–water partition coefficient (Wildman–Crippen LogP) is 3.81. The van der Waals surface area contributed by atoms with E-state index in [0.717, 1.165) is 11.1 Å². The monoisotopic (exact) mass is 274 g/mol. The van der Waals surface area contributed by atoms with E-state index >= 15 is 0 Å². The number of amides is 1. The van der Waals surface area contributed by atoms with Crippen molar-refractivity contribution < 1.29 is 14.3 Å². The first kappa shape index (κ1) is 14.0. The molecule has 0 aliphatic rings. The second-order valence-electron chi connectivity index (χ2n) is 5.57. The summed E-state index contributed by atoms with van der Waals surface area (Å²) in [4.78, 5) is 12.7. The smallest absolute Gasteiger partial charge is 0.412 e. The Morgan fingerprint density at radius 2 is 1.95 bits per heavy atom. The van der Waals surface area contributed by atoms with Crippen LogP contribution in [0.15, 0.2) is 41.2 Å². The molecule has 1 heterocycles. The minimum Gasteiger partial charge on any atom is -0.472 e. The standard InChI is InChI=1S/C15H18N2O3/c1-15(2,3)17(14(18)19)13-5-4-10(8-12(13)16)11-6-7-20-9-11/h4-9H,16H2,1-3H3,(H,18,19). The molecule has 0 radical (unpaired) electrons. The van der Waals surface area contributed by atoms with Gasteiger partial charge in [0.05, 0.1) is 23.9 Å². The van der Waals surface area contributed by atoms with Crippen LogP contribution in [0.4, 0.5) is 16.2 Å². The average molecular weight is 274 g/mol. The van der Waals surface area contributed by atoms with Gasteiger partial charge in [0, 0.05) is 11.1 Å². The molecule has 2 rings (SSSR count). The van der Waals surface area contributed by atoms with Crippen molar-refractivity contribution in [2.24, 2.45) is 0 Å². The Morgan fingerprint density at radius 3 is 2.40 bits per heavy atom. The molecule has 0 spiro atoms. The molecule has 1 aromatic heterocycles. The molecule has 0 aliphatic heterocycles. The molecule has 0 fully saturated rings. The topological polar surface area (TPSA) is 79.7 Å². The van der Waals surface area contributed by atoms with E-state index in [1.165, 1.54) is 4.90 Å². The van der Waals surface area contributed by atoms with Gasteiger partial charge < -0.3 is 15.3 Å². The molecule has 106 valence electrons. The maximum atomic E-state index is 11.5. The van der Waals surface area contributed by atoms with Gasteiger partial charge in [-0.25, -0.2) is 4.79 Å². The van der Waals surface area contributed by atoms with Gasteiger partial charge in [0.25, 0.3) is 0 Å². The fourth-order valence-corrected chi connectivity index (χ4v) is 2.12. The van der Waals surface area contributed by atoms with Crippen molar-refractivity contribution >= 4 is 17.5 Å². The third-order valence-electron chi connectivity index (χ3n) is 2.99. The molecule has 1 aromatic carbocycles. The van der Waals surface area contributed by atoms with Gasteiger partial charge in [-0.15, -0.1) is 0 Å². The summed E-state index contributed by atoms with van der Waals surface area (Å²) in [6.45, 7) is 5.47. The van der Waals surface area contributed by atoms with Crippen LogP contribution in [0, 0.1) is 0 Å². The Labute approximate surface area is 117 Å².